The van der Waals surface area contributed by atoms with Crippen LogP contribution in [0.5, 0.6) is 5.75 Å². The molecule has 5 N–H and O–H groups in total. The number of nitrogens with two attached hydrogens (primary N) is 2. The third-order valence-corrected chi connectivity index (χ3v) is 3.31. The Morgan fingerprint density at radius 1 is 1.19 bits per heavy atom. The van der Waals surface area contributed by atoms with Crippen molar-refractivity contribution in [1.29, 1.82) is 0 Å². The molecule has 0 spiro atoms. The van der Waals surface area contributed by atoms with Gasteiger partial charge in [0.1, 0.15) is 12.4 Å². The lowest BCUT2D eigenvalue weighted by Gasteiger charge is -2.11. The number of nitrogen functional groups attached to an aromatic ring is 1. The summed E-state index contributed by atoms with van der Waals surface area (Å²) in [5.74, 6) is 0.273. The number of carbonyl (C=O) groups is 1. The maximum Gasteiger partial charge on any atom is 0.250 e. The standard InChI is InChI=1S/C15H16BrN3O2/c16-10-1-6-14(13(9-10)15(18)20)19-7-8-21-12-4-2-11(17)3-5-12/h1-6,9,19H,7-8,17H2,(H2,18,20). The molecule has 0 saturated heterocycles. The van der Waals surface area contributed by atoms with Gasteiger partial charge in [-0.25, -0.2) is 0 Å². The SMILES string of the molecule is NC(=O)c1cc(Br)ccc1NCCOc1ccc(N)cc1. The number of carbonyl (C=O) groups excluding carboxylic acids is 1. The molecule has 0 aliphatic heterocycles. The Morgan fingerprint density at radius 3 is 2.57 bits per heavy atom. The molecule has 2 rings (SSSR count). The first-order chi connectivity index (χ1) is 10.1. The highest BCUT2D eigenvalue weighted by atomic mass is 79.9. The van der Waals surface area contributed by atoms with Gasteiger partial charge in [-0.3, -0.25) is 4.79 Å². The zero-order valence-corrected chi connectivity index (χ0v) is 12.9. The predicted octanol–water partition coefficient (Wildman–Crippen LogP) is 2.62. The lowest BCUT2D eigenvalue weighted by molar-refractivity contribution is 0.100. The molecular weight excluding hydrogens is 334 g/mol. The average Bonchev–Trinajstić information content (AvgIpc) is 2.46. The van der Waals surface area contributed by atoms with Crippen LogP contribution in [-0.2, 0) is 0 Å². The van der Waals surface area contributed by atoms with E-state index < -0.39 is 5.91 Å². The van der Waals surface area contributed by atoms with Gasteiger partial charge >= 0.3 is 0 Å². The fraction of sp³-hybridized carbons (Fsp3) is 0.133. The zero-order valence-electron chi connectivity index (χ0n) is 11.3. The Labute approximate surface area is 131 Å². The van der Waals surface area contributed by atoms with Gasteiger partial charge in [0, 0.05) is 22.4 Å². The van der Waals surface area contributed by atoms with Crippen LogP contribution in [0.2, 0.25) is 0 Å². The van der Waals surface area contributed by atoms with E-state index in [-0.39, 0.29) is 0 Å². The molecule has 1 amide bonds. The number of amides is 1. The topological polar surface area (TPSA) is 90.4 Å². The summed E-state index contributed by atoms with van der Waals surface area (Å²) in [6.07, 6.45) is 0. The van der Waals surface area contributed by atoms with Gasteiger partial charge in [-0.1, -0.05) is 15.9 Å². The van der Waals surface area contributed by atoms with Gasteiger partial charge in [-0.15, -0.1) is 0 Å². The van der Waals surface area contributed by atoms with Crippen LogP contribution in [-0.4, -0.2) is 19.1 Å². The molecule has 0 heterocycles. The Bertz CT molecular complexity index is 629. The molecule has 2 aromatic rings. The first kappa shape index (κ1) is 15.2. The number of ether oxygens (including phenoxy) is 1. The van der Waals surface area contributed by atoms with Gasteiger partial charge in [0.15, 0.2) is 0 Å². The third kappa shape index (κ3) is 4.39. The van der Waals surface area contributed by atoms with Gasteiger partial charge in [-0.05, 0) is 42.5 Å². The summed E-state index contributed by atoms with van der Waals surface area (Å²) in [5, 5.41) is 3.13. The van der Waals surface area contributed by atoms with E-state index in [0.717, 1.165) is 10.2 Å². The molecule has 0 radical (unpaired) electrons. The molecule has 0 unspecified atom stereocenters. The van der Waals surface area contributed by atoms with Crippen LogP contribution in [0.4, 0.5) is 11.4 Å². The van der Waals surface area contributed by atoms with Gasteiger partial charge in [-0.2, -0.15) is 0 Å². The summed E-state index contributed by atoms with van der Waals surface area (Å²) < 4.78 is 6.37. The van der Waals surface area contributed by atoms with Crippen LogP contribution >= 0.6 is 15.9 Å². The van der Waals surface area contributed by atoms with Crippen molar-refractivity contribution < 1.29 is 9.53 Å². The van der Waals surface area contributed by atoms with Crippen LogP contribution in [0, 0.1) is 0 Å². The van der Waals surface area contributed by atoms with Crippen LogP contribution in [0.1, 0.15) is 10.4 Å². The van der Waals surface area contributed by atoms with E-state index in [1.165, 1.54) is 0 Å². The maximum absolute atomic E-state index is 11.4. The zero-order chi connectivity index (χ0) is 15.2. The van der Waals surface area contributed by atoms with E-state index in [0.29, 0.717) is 30.1 Å². The molecule has 0 aromatic heterocycles. The average molecular weight is 350 g/mol. The number of hydrogen-bond donors (Lipinski definition) is 3. The van der Waals surface area contributed by atoms with E-state index in [4.69, 9.17) is 16.2 Å². The monoisotopic (exact) mass is 349 g/mol. The molecule has 110 valence electrons. The number of hydrogen-bond acceptors (Lipinski definition) is 4. The van der Waals surface area contributed by atoms with E-state index in [1.807, 2.05) is 18.2 Å². The lowest BCUT2D eigenvalue weighted by Crippen LogP contribution is -2.17. The van der Waals surface area contributed by atoms with E-state index in [1.54, 1.807) is 24.3 Å². The minimum atomic E-state index is -0.474. The Kier molecular flexibility index (Phi) is 5.05. The molecule has 2 aromatic carbocycles. The Balaban J connectivity index is 1.89. The largest absolute Gasteiger partial charge is 0.492 e. The molecule has 5 nitrogen and oxygen atoms in total. The van der Waals surface area contributed by atoms with Crippen molar-refractivity contribution in [1.82, 2.24) is 0 Å². The molecule has 6 heteroatoms. The highest BCUT2D eigenvalue weighted by molar-refractivity contribution is 9.10. The van der Waals surface area contributed by atoms with Crippen molar-refractivity contribution in [3.63, 3.8) is 0 Å². The molecule has 0 aliphatic carbocycles. The van der Waals surface area contributed by atoms with Crippen molar-refractivity contribution in [3.05, 3.63) is 52.5 Å². The van der Waals surface area contributed by atoms with Gasteiger partial charge in [0.2, 0.25) is 0 Å². The number of halogens is 1. The number of primary amides is 1. The summed E-state index contributed by atoms with van der Waals surface area (Å²) in [7, 11) is 0. The summed E-state index contributed by atoms with van der Waals surface area (Å²) in [4.78, 5) is 11.4. The van der Waals surface area contributed by atoms with E-state index >= 15 is 0 Å². The maximum atomic E-state index is 11.4. The molecule has 0 aliphatic rings. The lowest BCUT2D eigenvalue weighted by atomic mass is 10.1. The highest BCUT2D eigenvalue weighted by Gasteiger charge is 2.08. The van der Waals surface area contributed by atoms with Crippen molar-refractivity contribution >= 4 is 33.2 Å². The quantitative estimate of drug-likeness (QED) is 0.552. The van der Waals surface area contributed by atoms with E-state index in [9.17, 15) is 4.79 Å². The van der Waals surface area contributed by atoms with Gasteiger partial charge < -0.3 is 21.5 Å². The molecule has 0 bridgehead atoms. The van der Waals surface area contributed by atoms with Crippen molar-refractivity contribution in [3.8, 4) is 5.75 Å². The van der Waals surface area contributed by atoms with E-state index in [2.05, 4.69) is 21.2 Å². The fourth-order valence-electron chi connectivity index (χ4n) is 1.79. The molecule has 0 fully saturated rings. The van der Waals surface area contributed by atoms with Crippen molar-refractivity contribution in [2.45, 2.75) is 0 Å². The van der Waals surface area contributed by atoms with Crippen LogP contribution in [0.15, 0.2) is 46.9 Å². The van der Waals surface area contributed by atoms with Crippen LogP contribution < -0.4 is 21.5 Å². The second kappa shape index (κ2) is 6.99. The van der Waals surface area contributed by atoms with Crippen molar-refractivity contribution in [2.75, 3.05) is 24.2 Å². The van der Waals surface area contributed by atoms with Crippen molar-refractivity contribution in [2.24, 2.45) is 5.73 Å². The summed E-state index contributed by atoms with van der Waals surface area (Å²) in [6, 6.07) is 12.5. The Hall–Kier alpha value is -2.21. The summed E-state index contributed by atoms with van der Waals surface area (Å²) >= 11 is 3.31. The smallest absolute Gasteiger partial charge is 0.250 e. The third-order valence-electron chi connectivity index (χ3n) is 2.81. The molecule has 0 saturated carbocycles. The highest BCUT2D eigenvalue weighted by Crippen LogP contribution is 2.20. The molecule has 0 atom stereocenters. The number of rotatable bonds is 6. The summed E-state index contributed by atoms with van der Waals surface area (Å²) in [6.45, 7) is 1.00. The van der Waals surface area contributed by atoms with Gasteiger partial charge in [0.25, 0.3) is 5.91 Å². The normalized spacial score (nSPS) is 10.1. The molecular formula is C15H16BrN3O2. The predicted molar refractivity (Wildman–Crippen MR) is 87.5 cm³/mol. The first-order valence-corrected chi connectivity index (χ1v) is 7.17. The number of nitrogens with one attached hydrogen (secondary N) is 1. The second-order valence-electron chi connectivity index (χ2n) is 4.40. The van der Waals surface area contributed by atoms with Crippen LogP contribution in [0.3, 0.4) is 0 Å². The minimum absolute atomic E-state index is 0.442. The minimum Gasteiger partial charge on any atom is -0.492 e. The summed E-state index contributed by atoms with van der Waals surface area (Å²) in [5.41, 5.74) is 12.8. The number of anilines is 2. The Morgan fingerprint density at radius 2 is 1.90 bits per heavy atom. The second-order valence-corrected chi connectivity index (χ2v) is 5.31. The van der Waals surface area contributed by atoms with Crippen LogP contribution in [0.25, 0.3) is 0 Å². The molecule has 21 heavy (non-hydrogen) atoms. The van der Waals surface area contributed by atoms with Gasteiger partial charge in [0.05, 0.1) is 5.56 Å². The first-order valence-electron chi connectivity index (χ1n) is 6.38. The number of benzene rings is 2. The fourth-order valence-corrected chi connectivity index (χ4v) is 2.15.